The van der Waals surface area contributed by atoms with Gasteiger partial charge in [0.05, 0.1) is 6.61 Å². The molecule has 0 heterocycles. The number of esters is 2. The van der Waals surface area contributed by atoms with Gasteiger partial charge in [0, 0.05) is 12.8 Å². The second kappa shape index (κ2) is 24.3. The van der Waals surface area contributed by atoms with Crippen molar-refractivity contribution in [1.82, 2.24) is 0 Å². The average molecular weight is 455 g/mol. The fourth-order valence-corrected chi connectivity index (χ4v) is 3.49. The Morgan fingerprint density at radius 1 is 0.688 bits per heavy atom. The third-order valence-electron chi connectivity index (χ3n) is 5.56. The lowest BCUT2D eigenvalue weighted by Crippen LogP contribution is -2.28. The molecule has 1 unspecified atom stereocenters. The van der Waals surface area contributed by atoms with Gasteiger partial charge in [0.25, 0.3) is 0 Å². The Morgan fingerprint density at radius 3 is 1.75 bits per heavy atom. The summed E-state index contributed by atoms with van der Waals surface area (Å²) in [4.78, 5) is 23.5. The second-order valence-corrected chi connectivity index (χ2v) is 8.77. The number of allylic oxidation sites excluding steroid dienone is 2. The maximum atomic E-state index is 11.9. The summed E-state index contributed by atoms with van der Waals surface area (Å²) in [6, 6.07) is 0. The minimum absolute atomic E-state index is 0.0699. The summed E-state index contributed by atoms with van der Waals surface area (Å²) in [7, 11) is 0. The van der Waals surface area contributed by atoms with Crippen LogP contribution in [-0.4, -0.2) is 36.4 Å². The van der Waals surface area contributed by atoms with Gasteiger partial charge in [-0.25, -0.2) is 0 Å². The number of aliphatic hydroxyl groups excluding tert-OH is 1. The Balaban J connectivity index is 3.55. The molecule has 1 N–H and O–H groups in total. The topological polar surface area (TPSA) is 72.8 Å². The summed E-state index contributed by atoms with van der Waals surface area (Å²) in [6.07, 6.45) is 23.2. The first-order valence-electron chi connectivity index (χ1n) is 13.2. The summed E-state index contributed by atoms with van der Waals surface area (Å²) in [5.41, 5.74) is 0. The van der Waals surface area contributed by atoms with Crippen LogP contribution in [0.2, 0.25) is 0 Å². The lowest BCUT2D eigenvalue weighted by Gasteiger charge is -2.15. The van der Waals surface area contributed by atoms with Crippen LogP contribution in [0.25, 0.3) is 0 Å². The van der Waals surface area contributed by atoms with Crippen molar-refractivity contribution in [2.24, 2.45) is 0 Å². The van der Waals surface area contributed by atoms with Crippen molar-refractivity contribution in [2.45, 2.75) is 136 Å². The van der Waals surface area contributed by atoms with Gasteiger partial charge in [-0.1, -0.05) is 90.2 Å². The predicted octanol–water partition coefficient (Wildman–Crippen LogP) is 7.05. The van der Waals surface area contributed by atoms with E-state index in [9.17, 15) is 14.7 Å². The molecule has 0 bridgehead atoms. The first-order chi connectivity index (χ1) is 15.6. The van der Waals surface area contributed by atoms with Gasteiger partial charge in [-0.05, 0) is 38.5 Å². The van der Waals surface area contributed by atoms with Gasteiger partial charge in [-0.15, -0.1) is 0 Å². The van der Waals surface area contributed by atoms with E-state index in [-0.39, 0.29) is 25.2 Å². The number of carbonyl (C=O) groups is 2. The number of ether oxygens (including phenoxy) is 2. The minimum Gasteiger partial charge on any atom is -0.462 e. The van der Waals surface area contributed by atoms with Crippen molar-refractivity contribution in [3.63, 3.8) is 0 Å². The summed E-state index contributed by atoms with van der Waals surface area (Å²) in [5.74, 6) is -0.631. The smallest absolute Gasteiger partial charge is 0.306 e. The summed E-state index contributed by atoms with van der Waals surface area (Å²) < 4.78 is 10.3. The highest BCUT2D eigenvalue weighted by Crippen LogP contribution is 2.11. The normalized spacial score (nSPS) is 12.2. The van der Waals surface area contributed by atoms with Crippen molar-refractivity contribution in [2.75, 3.05) is 13.2 Å². The molecule has 0 saturated heterocycles. The van der Waals surface area contributed by atoms with Crippen molar-refractivity contribution >= 4 is 11.9 Å². The molecular formula is C27H50O5. The van der Waals surface area contributed by atoms with E-state index in [1.165, 1.54) is 57.8 Å². The maximum Gasteiger partial charge on any atom is 0.306 e. The molecule has 32 heavy (non-hydrogen) atoms. The van der Waals surface area contributed by atoms with E-state index in [0.29, 0.717) is 12.8 Å². The van der Waals surface area contributed by atoms with Crippen LogP contribution in [0.5, 0.6) is 0 Å². The van der Waals surface area contributed by atoms with Gasteiger partial charge in [0.2, 0.25) is 0 Å². The highest BCUT2D eigenvalue weighted by Gasteiger charge is 2.15. The molecule has 0 amide bonds. The first-order valence-corrected chi connectivity index (χ1v) is 13.2. The molecule has 0 fully saturated rings. The SMILES string of the molecule is CCCCCCCCC=CCCCCCCCC(=O)OC(CO)COC(=O)CCCCC. The molecular weight excluding hydrogens is 404 g/mol. The molecule has 0 aromatic rings. The van der Waals surface area contributed by atoms with E-state index in [1.54, 1.807) is 0 Å². The molecule has 0 rings (SSSR count). The molecule has 0 aliphatic rings. The number of aliphatic hydroxyl groups is 1. The zero-order valence-corrected chi connectivity index (χ0v) is 21.0. The Hall–Kier alpha value is -1.36. The van der Waals surface area contributed by atoms with E-state index in [1.807, 2.05) is 0 Å². The molecule has 0 aromatic carbocycles. The molecule has 0 saturated carbocycles. The minimum atomic E-state index is -0.763. The maximum absolute atomic E-state index is 11.9. The Kier molecular flexibility index (Phi) is 23.3. The number of hydrogen-bond donors (Lipinski definition) is 1. The van der Waals surface area contributed by atoms with Crippen molar-refractivity contribution in [3.8, 4) is 0 Å². The molecule has 0 aromatic heterocycles. The average Bonchev–Trinajstić information content (AvgIpc) is 2.79. The lowest BCUT2D eigenvalue weighted by molar-refractivity contribution is -0.161. The highest BCUT2D eigenvalue weighted by atomic mass is 16.6. The van der Waals surface area contributed by atoms with Crippen LogP contribution in [0, 0.1) is 0 Å². The third kappa shape index (κ3) is 21.9. The van der Waals surface area contributed by atoms with Crippen molar-refractivity contribution in [1.29, 1.82) is 0 Å². The van der Waals surface area contributed by atoms with Gasteiger partial charge < -0.3 is 14.6 Å². The number of hydrogen-bond acceptors (Lipinski definition) is 5. The van der Waals surface area contributed by atoms with E-state index in [0.717, 1.165) is 44.9 Å². The van der Waals surface area contributed by atoms with Gasteiger partial charge in [0.1, 0.15) is 6.61 Å². The van der Waals surface area contributed by atoms with Crippen LogP contribution in [0.1, 0.15) is 129 Å². The van der Waals surface area contributed by atoms with Crippen LogP contribution in [-0.2, 0) is 19.1 Å². The van der Waals surface area contributed by atoms with E-state index in [4.69, 9.17) is 9.47 Å². The molecule has 0 aliphatic heterocycles. The summed E-state index contributed by atoms with van der Waals surface area (Å²) >= 11 is 0. The molecule has 5 heteroatoms. The first kappa shape index (κ1) is 30.6. The van der Waals surface area contributed by atoms with Gasteiger partial charge in [-0.2, -0.15) is 0 Å². The number of unbranched alkanes of at least 4 members (excludes halogenated alkanes) is 13. The quantitative estimate of drug-likeness (QED) is 0.102. The molecule has 188 valence electrons. The molecule has 0 spiro atoms. The lowest BCUT2D eigenvalue weighted by atomic mass is 10.1. The zero-order chi connectivity index (χ0) is 23.7. The number of carbonyl (C=O) groups excluding carboxylic acids is 2. The number of rotatable bonds is 23. The molecule has 5 nitrogen and oxygen atoms in total. The Labute approximate surface area is 197 Å². The standard InChI is InChI=1S/C27H50O5/c1-3-5-7-8-9-10-11-12-13-14-15-16-17-18-20-22-27(30)32-25(23-28)24-31-26(29)21-19-6-4-2/h12-13,25,28H,3-11,14-24H2,1-2H3. The van der Waals surface area contributed by atoms with E-state index >= 15 is 0 Å². The summed E-state index contributed by atoms with van der Waals surface area (Å²) in [5, 5.41) is 9.33. The third-order valence-corrected chi connectivity index (χ3v) is 5.56. The van der Waals surface area contributed by atoms with Gasteiger partial charge in [0.15, 0.2) is 6.10 Å². The van der Waals surface area contributed by atoms with Crippen LogP contribution < -0.4 is 0 Å². The van der Waals surface area contributed by atoms with Gasteiger partial charge >= 0.3 is 11.9 Å². The molecule has 0 aliphatic carbocycles. The second-order valence-electron chi connectivity index (χ2n) is 8.77. The van der Waals surface area contributed by atoms with E-state index in [2.05, 4.69) is 26.0 Å². The summed E-state index contributed by atoms with van der Waals surface area (Å²) in [6.45, 7) is 3.92. The van der Waals surface area contributed by atoms with Crippen LogP contribution in [0.15, 0.2) is 12.2 Å². The molecule has 0 radical (unpaired) electrons. The predicted molar refractivity (Wildman–Crippen MR) is 132 cm³/mol. The van der Waals surface area contributed by atoms with Gasteiger partial charge in [-0.3, -0.25) is 9.59 Å². The largest absolute Gasteiger partial charge is 0.462 e. The fraction of sp³-hybridized carbons (Fsp3) is 0.852. The monoisotopic (exact) mass is 454 g/mol. The molecule has 1 atom stereocenters. The van der Waals surface area contributed by atoms with Crippen LogP contribution in [0.3, 0.4) is 0 Å². The Morgan fingerprint density at radius 2 is 1.16 bits per heavy atom. The zero-order valence-electron chi connectivity index (χ0n) is 21.0. The van der Waals surface area contributed by atoms with Crippen LogP contribution >= 0.6 is 0 Å². The van der Waals surface area contributed by atoms with Crippen molar-refractivity contribution in [3.05, 3.63) is 12.2 Å². The van der Waals surface area contributed by atoms with E-state index < -0.39 is 6.10 Å². The van der Waals surface area contributed by atoms with Crippen LogP contribution in [0.4, 0.5) is 0 Å². The van der Waals surface area contributed by atoms with Crippen molar-refractivity contribution < 1.29 is 24.2 Å². The Bertz CT molecular complexity index is 461. The fourth-order valence-electron chi connectivity index (χ4n) is 3.49. The highest BCUT2D eigenvalue weighted by molar-refractivity contribution is 5.70.